The van der Waals surface area contributed by atoms with Crippen LogP contribution in [0.25, 0.3) is 33.4 Å². The highest BCUT2D eigenvalue weighted by molar-refractivity contribution is 6.30. The molecule has 0 saturated carbocycles. The third-order valence-electron chi connectivity index (χ3n) is 6.22. The maximum atomic E-state index is 11.5. The molecule has 4 aromatic carbocycles. The van der Waals surface area contributed by atoms with Gasteiger partial charge in [0.1, 0.15) is 12.4 Å². The van der Waals surface area contributed by atoms with Gasteiger partial charge in [-0.25, -0.2) is 4.98 Å². The molecule has 0 fully saturated rings. The molecule has 0 bridgehead atoms. The molecule has 7 heteroatoms. The summed E-state index contributed by atoms with van der Waals surface area (Å²) in [6, 6.07) is 31.4. The molecular weight excluding hydrogens is 524 g/mol. The number of ether oxygens (including phenoxy) is 3. The SMILES string of the molecule is CCOC(=O)CCCOc1ccc2cc(-c3nc(OCc4cccc(Cl)c4)cc(-c4ccccc4)n3)ccc2c1. The van der Waals surface area contributed by atoms with Crippen molar-refractivity contribution in [3.8, 4) is 34.3 Å². The Kier molecular flexibility index (Phi) is 8.89. The van der Waals surface area contributed by atoms with Crippen molar-refractivity contribution >= 4 is 28.3 Å². The van der Waals surface area contributed by atoms with Gasteiger partial charge in [0.05, 0.1) is 18.9 Å². The van der Waals surface area contributed by atoms with Crippen LogP contribution >= 0.6 is 11.6 Å². The fourth-order valence-electron chi connectivity index (χ4n) is 4.26. The summed E-state index contributed by atoms with van der Waals surface area (Å²) in [7, 11) is 0. The van der Waals surface area contributed by atoms with E-state index < -0.39 is 0 Å². The topological polar surface area (TPSA) is 70.5 Å². The first kappa shape index (κ1) is 27.2. The highest BCUT2D eigenvalue weighted by Crippen LogP contribution is 2.29. The fraction of sp³-hybridized carbons (Fsp3) is 0.182. The van der Waals surface area contributed by atoms with E-state index in [2.05, 4.69) is 6.07 Å². The molecule has 0 atom stereocenters. The van der Waals surface area contributed by atoms with Crippen LogP contribution in [-0.2, 0) is 16.1 Å². The second-order valence-electron chi connectivity index (χ2n) is 9.18. The van der Waals surface area contributed by atoms with E-state index in [1.54, 1.807) is 6.92 Å². The first-order valence-electron chi connectivity index (χ1n) is 13.2. The highest BCUT2D eigenvalue weighted by Gasteiger charge is 2.11. The normalized spacial score (nSPS) is 10.8. The summed E-state index contributed by atoms with van der Waals surface area (Å²) in [5, 5.41) is 2.73. The van der Waals surface area contributed by atoms with Gasteiger partial charge in [0, 0.05) is 28.6 Å². The van der Waals surface area contributed by atoms with Gasteiger partial charge in [0.2, 0.25) is 5.88 Å². The first-order valence-corrected chi connectivity index (χ1v) is 13.6. The van der Waals surface area contributed by atoms with E-state index in [1.165, 1.54) is 0 Å². The van der Waals surface area contributed by atoms with Crippen molar-refractivity contribution in [2.75, 3.05) is 13.2 Å². The average molecular weight is 553 g/mol. The van der Waals surface area contributed by atoms with E-state index in [-0.39, 0.29) is 5.97 Å². The number of hydrogen-bond acceptors (Lipinski definition) is 6. The lowest BCUT2D eigenvalue weighted by Gasteiger charge is -2.11. The lowest BCUT2D eigenvalue weighted by molar-refractivity contribution is -0.143. The quantitative estimate of drug-likeness (QED) is 0.122. The summed E-state index contributed by atoms with van der Waals surface area (Å²) >= 11 is 6.14. The molecule has 40 heavy (non-hydrogen) atoms. The minimum atomic E-state index is -0.200. The van der Waals surface area contributed by atoms with Crippen LogP contribution in [0.4, 0.5) is 0 Å². The third kappa shape index (κ3) is 7.16. The van der Waals surface area contributed by atoms with Crippen molar-refractivity contribution < 1.29 is 19.0 Å². The molecule has 202 valence electrons. The zero-order chi connectivity index (χ0) is 27.7. The second-order valence-corrected chi connectivity index (χ2v) is 9.62. The predicted octanol–water partition coefficient (Wildman–Crippen LogP) is 7.92. The van der Waals surface area contributed by atoms with E-state index in [1.807, 2.05) is 91.0 Å². The number of aromatic nitrogens is 2. The van der Waals surface area contributed by atoms with E-state index in [0.717, 1.165) is 38.9 Å². The number of benzene rings is 4. The van der Waals surface area contributed by atoms with E-state index >= 15 is 0 Å². The molecule has 0 unspecified atom stereocenters. The van der Waals surface area contributed by atoms with Gasteiger partial charge >= 0.3 is 5.97 Å². The van der Waals surface area contributed by atoms with Gasteiger partial charge < -0.3 is 14.2 Å². The van der Waals surface area contributed by atoms with Crippen molar-refractivity contribution in [3.63, 3.8) is 0 Å². The molecule has 6 nitrogen and oxygen atoms in total. The average Bonchev–Trinajstić information content (AvgIpc) is 2.98. The number of carbonyl (C=O) groups is 1. The number of nitrogens with zero attached hydrogens (tertiary/aromatic N) is 2. The number of hydrogen-bond donors (Lipinski definition) is 0. The monoisotopic (exact) mass is 552 g/mol. The Labute approximate surface area is 238 Å². The Morgan fingerprint density at radius 2 is 1.62 bits per heavy atom. The van der Waals surface area contributed by atoms with Crippen LogP contribution in [0, 0.1) is 0 Å². The maximum absolute atomic E-state index is 11.5. The van der Waals surface area contributed by atoms with E-state index in [0.29, 0.717) is 49.4 Å². The molecule has 1 heterocycles. The maximum Gasteiger partial charge on any atom is 0.305 e. The van der Waals surface area contributed by atoms with Gasteiger partial charge in [-0.3, -0.25) is 4.79 Å². The number of fused-ring (bicyclic) bond motifs is 1. The van der Waals surface area contributed by atoms with Crippen LogP contribution in [0.5, 0.6) is 11.6 Å². The van der Waals surface area contributed by atoms with Crippen LogP contribution in [0.1, 0.15) is 25.3 Å². The Hall–Kier alpha value is -4.42. The van der Waals surface area contributed by atoms with Crippen LogP contribution in [-0.4, -0.2) is 29.2 Å². The lowest BCUT2D eigenvalue weighted by Crippen LogP contribution is -2.06. The lowest BCUT2D eigenvalue weighted by atomic mass is 10.1. The zero-order valence-electron chi connectivity index (χ0n) is 22.2. The summed E-state index contributed by atoms with van der Waals surface area (Å²) < 4.78 is 16.9. The fourth-order valence-corrected chi connectivity index (χ4v) is 4.47. The Balaban J connectivity index is 1.37. The number of rotatable bonds is 11. The number of halogens is 1. The molecule has 1 aromatic heterocycles. The number of esters is 1. The summed E-state index contributed by atoms with van der Waals surface area (Å²) in [5.41, 5.74) is 3.59. The van der Waals surface area contributed by atoms with Crippen molar-refractivity contribution in [2.24, 2.45) is 0 Å². The standard InChI is InChI=1S/C33H29ClN2O4/c1-2-38-32(37)12-7-17-39-29-16-15-25-19-27(14-13-26(25)20-29)33-35-30(24-9-4-3-5-10-24)21-31(36-33)40-22-23-8-6-11-28(34)18-23/h3-6,8-11,13-16,18-21H,2,7,12,17,22H2,1H3. The van der Waals surface area contributed by atoms with Crippen molar-refractivity contribution in [3.05, 3.63) is 108 Å². The molecule has 5 rings (SSSR count). The zero-order valence-corrected chi connectivity index (χ0v) is 22.9. The molecule has 0 amide bonds. The molecule has 5 aromatic rings. The number of carbonyl (C=O) groups excluding carboxylic acids is 1. The van der Waals surface area contributed by atoms with Crippen LogP contribution in [0.3, 0.4) is 0 Å². The minimum Gasteiger partial charge on any atom is -0.494 e. The largest absolute Gasteiger partial charge is 0.494 e. The van der Waals surface area contributed by atoms with E-state index in [9.17, 15) is 4.79 Å². The van der Waals surface area contributed by atoms with Gasteiger partial charge in [-0.15, -0.1) is 0 Å². The molecule has 0 spiro atoms. The predicted molar refractivity (Wildman–Crippen MR) is 158 cm³/mol. The second kappa shape index (κ2) is 13.1. The smallest absolute Gasteiger partial charge is 0.305 e. The molecule has 0 radical (unpaired) electrons. The van der Waals surface area contributed by atoms with Gasteiger partial charge in [-0.05, 0) is 60.0 Å². The third-order valence-corrected chi connectivity index (χ3v) is 6.45. The molecule has 0 saturated heterocycles. The highest BCUT2D eigenvalue weighted by atomic mass is 35.5. The van der Waals surface area contributed by atoms with Gasteiger partial charge in [0.25, 0.3) is 0 Å². The van der Waals surface area contributed by atoms with Crippen molar-refractivity contribution in [2.45, 2.75) is 26.4 Å². The van der Waals surface area contributed by atoms with Gasteiger partial charge in [-0.1, -0.05) is 72.3 Å². The van der Waals surface area contributed by atoms with Crippen molar-refractivity contribution in [1.82, 2.24) is 9.97 Å². The molecular formula is C33H29ClN2O4. The Morgan fingerprint density at radius 3 is 2.45 bits per heavy atom. The van der Waals surface area contributed by atoms with Gasteiger partial charge in [-0.2, -0.15) is 4.98 Å². The summed E-state index contributed by atoms with van der Waals surface area (Å²) in [6.07, 6.45) is 0.949. The molecule has 0 aliphatic rings. The van der Waals surface area contributed by atoms with Crippen LogP contribution in [0.15, 0.2) is 97.1 Å². The summed E-state index contributed by atoms with van der Waals surface area (Å²) in [4.78, 5) is 21.1. The van der Waals surface area contributed by atoms with Crippen LogP contribution in [0.2, 0.25) is 5.02 Å². The molecule has 0 aliphatic carbocycles. The molecule has 0 aliphatic heterocycles. The first-order chi connectivity index (χ1) is 19.6. The Bertz CT molecular complexity index is 1610. The molecule has 0 N–H and O–H groups in total. The van der Waals surface area contributed by atoms with Crippen LogP contribution < -0.4 is 9.47 Å². The Morgan fingerprint density at radius 1 is 0.800 bits per heavy atom. The minimum absolute atomic E-state index is 0.200. The van der Waals surface area contributed by atoms with E-state index in [4.69, 9.17) is 35.8 Å². The summed E-state index contributed by atoms with van der Waals surface area (Å²) in [6.45, 7) is 2.98. The van der Waals surface area contributed by atoms with Crippen molar-refractivity contribution in [1.29, 1.82) is 0 Å². The van der Waals surface area contributed by atoms with Gasteiger partial charge in [0.15, 0.2) is 5.82 Å². The summed E-state index contributed by atoms with van der Waals surface area (Å²) in [5.74, 6) is 1.61.